The van der Waals surface area contributed by atoms with Gasteiger partial charge in [0.05, 0.1) is 6.10 Å². The van der Waals surface area contributed by atoms with Gasteiger partial charge in [-0.2, -0.15) is 0 Å². The molecule has 17 heavy (non-hydrogen) atoms. The summed E-state index contributed by atoms with van der Waals surface area (Å²) < 4.78 is 13.0. The second kappa shape index (κ2) is 6.34. The Balaban J connectivity index is 0.00000256. The molecular weight excluding hydrogens is 241 g/mol. The van der Waals surface area contributed by atoms with Gasteiger partial charge in [0.1, 0.15) is 5.82 Å². The molecule has 0 heterocycles. The van der Waals surface area contributed by atoms with E-state index in [1.807, 2.05) is 20.8 Å². The third-order valence-corrected chi connectivity index (χ3v) is 2.82. The molecule has 2 atom stereocenters. The third kappa shape index (κ3) is 5.02. The third-order valence-electron chi connectivity index (χ3n) is 2.82. The lowest BCUT2D eigenvalue weighted by atomic mass is 9.83. The van der Waals surface area contributed by atoms with Crippen molar-refractivity contribution in [3.63, 3.8) is 0 Å². The quantitative estimate of drug-likeness (QED) is 0.879. The van der Waals surface area contributed by atoms with Gasteiger partial charge in [-0.25, -0.2) is 4.39 Å². The van der Waals surface area contributed by atoms with Gasteiger partial charge in [0.15, 0.2) is 0 Å². The fourth-order valence-corrected chi connectivity index (χ4v) is 1.44. The number of benzene rings is 1. The zero-order valence-electron chi connectivity index (χ0n) is 10.5. The standard InChI is InChI=1S/C13H20FNO.ClH/c1-13(2,3)12(15)8-11(16)9-5-4-6-10(14)7-9;/h4-7,11-12,16H,8,15H2,1-3H3;1H/t11-,12-;/m0./s1. The predicted octanol–water partition coefficient (Wildman–Crippen LogP) is 3.04. The topological polar surface area (TPSA) is 46.2 Å². The Bertz CT molecular complexity index is 352. The molecule has 0 bridgehead atoms. The lowest BCUT2D eigenvalue weighted by molar-refractivity contribution is 0.133. The fraction of sp³-hybridized carbons (Fsp3) is 0.538. The number of nitrogens with two attached hydrogens (primary N) is 1. The Morgan fingerprint density at radius 2 is 1.94 bits per heavy atom. The van der Waals surface area contributed by atoms with E-state index in [4.69, 9.17) is 5.73 Å². The van der Waals surface area contributed by atoms with Gasteiger partial charge in [-0.15, -0.1) is 12.4 Å². The van der Waals surface area contributed by atoms with Crippen molar-refractivity contribution in [3.8, 4) is 0 Å². The molecule has 0 unspecified atom stereocenters. The van der Waals surface area contributed by atoms with Gasteiger partial charge in [-0.1, -0.05) is 32.9 Å². The second-order valence-electron chi connectivity index (χ2n) is 5.28. The van der Waals surface area contributed by atoms with Crippen molar-refractivity contribution in [2.24, 2.45) is 11.1 Å². The summed E-state index contributed by atoms with van der Waals surface area (Å²) in [5.41, 5.74) is 6.50. The molecule has 0 radical (unpaired) electrons. The molecule has 1 aromatic rings. The van der Waals surface area contributed by atoms with E-state index in [9.17, 15) is 9.50 Å². The average Bonchev–Trinajstić information content (AvgIpc) is 2.16. The Labute approximate surface area is 108 Å². The highest BCUT2D eigenvalue weighted by Crippen LogP contribution is 2.26. The summed E-state index contributed by atoms with van der Waals surface area (Å²) in [5, 5.41) is 9.93. The van der Waals surface area contributed by atoms with Crippen molar-refractivity contribution in [2.45, 2.75) is 39.3 Å². The van der Waals surface area contributed by atoms with Crippen molar-refractivity contribution in [1.82, 2.24) is 0 Å². The van der Waals surface area contributed by atoms with Crippen LogP contribution in [0, 0.1) is 11.2 Å². The van der Waals surface area contributed by atoms with Crippen LogP contribution in [0.1, 0.15) is 38.9 Å². The van der Waals surface area contributed by atoms with E-state index >= 15 is 0 Å². The van der Waals surface area contributed by atoms with Crippen LogP contribution >= 0.6 is 12.4 Å². The van der Waals surface area contributed by atoms with Gasteiger partial charge in [0, 0.05) is 6.04 Å². The molecule has 1 aromatic carbocycles. The fourth-order valence-electron chi connectivity index (χ4n) is 1.44. The van der Waals surface area contributed by atoms with E-state index in [1.165, 1.54) is 12.1 Å². The minimum Gasteiger partial charge on any atom is -0.388 e. The first-order chi connectivity index (χ1) is 7.30. The number of hydrogen-bond donors (Lipinski definition) is 2. The van der Waals surface area contributed by atoms with Crippen LogP contribution in [-0.4, -0.2) is 11.1 Å². The summed E-state index contributed by atoms with van der Waals surface area (Å²) >= 11 is 0. The highest BCUT2D eigenvalue weighted by molar-refractivity contribution is 5.85. The van der Waals surface area contributed by atoms with Gasteiger partial charge in [0.25, 0.3) is 0 Å². The Hall–Kier alpha value is -0.640. The predicted molar refractivity (Wildman–Crippen MR) is 70.7 cm³/mol. The van der Waals surface area contributed by atoms with Crippen LogP contribution in [0.5, 0.6) is 0 Å². The number of aliphatic hydroxyl groups excluding tert-OH is 1. The van der Waals surface area contributed by atoms with Crippen molar-refractivity contribution in [2.75, 3.05) is 0 Å². The van der Waals surface area contributed by atoms with Gasteiger partial charge in [0.2, 0.25) is 0 Å². The summed E-state index contributed by atoms with van der Waals surface area (Å²) in [4.78, 5) is 0. The van der Waals surface area contributed by atoms with Crippen molar-refractivity contribution in [1.29, 1.82) is 0 Å². The van der Waals surface area contributed by atoms with Crippen molar-refractivity contribution < 1.29 is 9.50 Å². The van der Waals surface area contributed by atoms with Gasteiger partial charge >= 0.3 is 0 Å². The maximum Gasteiger partial charge on any atom is 0.123 e. The lowest BCUT2D eigenvalue weighted by Gasteiger charge is -2.29. The molecule has 0 fully saturated rings. The normalized spacial score (nSPS) is 14.9. The molecule has 0 saturated heterocycles. The first kappa shape index (κ1) is 16.4. The zero-order valence-corrected chi connectivity index (χ0v) is 11.3. The van der Waals surface area contributed by atoms with Crippen molar-refractivity contribution >= 4 is 12.4 Å². The molecule has 3 N–H and O–H groups in total. The molecule has 98 valence electrons. The van der Waals surface area contributed by atoms with E-state index in [0.29, 0.717) is 12.0 Å². The van der Waals surface area contributed by atoms with Crippen LogP contribution in [0.15, 0.2) is 24.3 Å². The van der Waals surface area contributed by atoms with Crippen LogP contribution in [0.2, 0.25) is 0 Å². The summed E-state index contributed by atoms with van der Waals surface area (Å²) in [6, 6.07) is 5.89. The number of hydrogen-bond acceptors (Lipinski definition) is 2. The smallest absolute Gasteiger partial charge is 0.123 e. The Morgan fingerprint density at radius 1 is 1.35 bits per heavy atom. The highest BCUT2D eigenvalue weighted by atomic mass is 35.5. The molecule has 0 aromatic heterocycles. The van der Waals surface area contributed by atoms with Gasteiger partial charge in [-0.05, 0) is 29.5 Å². The summed E-state index contributed by atoms with van der Waals surface area (Å²) in [6.45, 7) is 6.07. The zero-order chi connectivity index (χ0) is 12.3. The van der Waals surface area contributed by atoms with Crippen molar-refractivity contribution in [3.05, 3.63) is 35.6 Å². The number of aliphatic hydroxyl groups is 1. The van der Waals surface area contributed by atoms with E-state index in [1.54, 1.807) is 12.1 Å². The molecule has 0 spiro atoms. The van der Waals surface area contributed by atoms with Gasteiger partial charge < -0.3 is 10.8 Å². The van der Waals surface area contributed by atoms with E-state index < -0.39 is 6.10 Å². The Morgan fingerprint density at radius 3 is 2.41 bits per heavy atom. The van der Waals surface area contributed by atoms with Crippen LogP contribution in [0.4, 0.5) is 4.39 Å². The lowest BCUT2D eigenvalue weighted by Crippen LogP contribution is -2.36. The minimum absolute atomic E-state index is 0. The summed E-state index contributed by atoms with van der Waals surface area (Å²) in [6.07, 6.45) is -0.266. The van der Waals surface area contributed by atoms with Crippen LogP contribution < -0.4 is 5.73 Å². The first-order valence-corrected chi connectivity index (χ1v) is 5.50. The maximum atomic E-state index is 13.0. The van der Waals surface area contributed by atoms with E-state index in [0.717, 1.165) is 0 Å². The SMILES string of the molecule is CC(C)(C)[C@@H](N)C[C@H](O)c1cccc(F)c1.Cl. The molecule has 0 aliphatic carbocycles. The molecule has 0 saturated carbocycles. The molecular formula is C13H21ClFNO. The second-order valence-corrected chi connectivity index (χ2v) is 5.28. The van der Waals surface area contributed by atoms with Crippen LogP contribution in [-0.2, 0) is 0 Å². The van der Waals surface area contributed by atoms with Crippen LogP contribution in [0.25, 0.3) is 0 Å². The molecule has 2 nitrogen and oxygen atoms in total. The van der Waals surface area contributed by atoms with Gasteiger partial charge in [-0.3, -0.25) is 0 Å². The minimum atomic E-state index is -0.704. The molecule has 0 amide bonds. The highest BCUT2D eigenvalue weighted by Gasteiger charge is 2.23. The molecule has 4 heteroatoms. The maximum absolute atomic E-state index is 13.0. The average molecular weight is 262 g/mol. The van der Waals surface area contributed by atoms with E-state index in [2.05, 4.69) is 0 Å². The molecule has 0 aliphatic heterocycles. The monoisotopic (exact) mass is 261 g/mol. The molecule has 0 aliphatic rings. The largest absolute Gasteiger partial charge is 0.388 e. The number of rotatable bonds is 3. The van der Waals surface area contributed by atoms with E-state index in [-0.39, 0.29) is 29.7 Å². The summed E-state index contributed by atoms with van der Waals surface area (Å²) in [7, 11) is 0. The Kier molecular flexibility index (Phi) is 6.10. The molecule has 1 rings (SSSR count). The van der Waals surface area contributed by atoms with Crippen LogP contribution in [0.3, 0.4) is 0 Å². The number of halogens is 2. The first-order valence-electron chi connectivity index (χ1n) is 5.50. The summed E-state index contributed by atoms with van der Waals surface area (Å²) in [5.74, 6) is -0.333.